The first-order valence-electron chi connectivity index (χ1n) is 6.20. The lowest BCUT2D eigenvalue weighted by Gasteiger charge is -2.23. The Labute approximate surface area is 124 Å². The molecule has 2 N–H and O–H groups in total. The van der Waals surface area contributed by atoms with Crippen LogP contribution in [0.1, 0.15) is 29.3 Å². The van der Waals surface area contributed by atoms with Crippen molar-refractivity contribution in [1.29, 1.82) is 0 Å². The van der Waals surface area contributed by atoms with Gasteiger partial charge in [-0.2, -0.15) is 4.98 Å². The number of nitrogens with zero attached hydrogens (tertiary/aromatic N) is 1. The average Bonchev–Trinajstić information content (AvgIpc) is 2.43. The molecule has 1 aromatic carbocycles. The molecule has 1 heterocycles. The van der Waals surface area contributed by atoms with Gasteiger partial charge in [-0.05, 0) is 53.0 Å². The summed E-state index contributed by atoms with van der Waals surface area (Å²) < 4.78 is 0.248. The molecule has 1 atom stereocenters. The van der Waals surface area contributed by atoms with E-state index < -0.39 is 0 Å². The molecule has 0 amide bonds. The topological polar surface area (TPSA) is 66.0 Å². The predicted molar refractivity (Wildman–Crippen MR) is 80.4 cm³/mol. The van der Waals surface area contributed by atoms with Gasteiger partial charge < -0.3 is 10.1 Å². The second kappa shape index (κ2) is 4.96. The Kier molecular flexibility index (Phi) is 3.30. The summed E-state index contributed by atoms with van der Waals surface area (Å²) in [4.78, 5) is 18.6. The van der Waals surface area contributed by atoms with Gasteiger partial charge in [0.2, 0.25) is 5.88 Å². The summed E-state index contributed by atoms with van der Waals surface area (Å²) >= 11 is 1.80. The molecular weight excluding hydrogens is 355 g/mol. The zero-order valence-corrected chi connectivity index (χ0v) is 12.3. The highest BCUT2D eigenvalue weighted by Gasteiger charge is 2.22. The number of hydrogen-bond acceptors (Lipinski definition) is 3. The first-order valence-corrected chi connectivity index (χ1v) is 7.28. The van der Waals surface area contributed by atoms with Crippen LogP contribution in [0.3, 0.4) is 0 Å². The Hall–Kier alpha value is -1.37. The first kappa shape index (κ1) is 12.7. The van der Waals surface area contributed by atoms with Crippen LogP contribution in [0.15, 0.2) is 29.1 Å². The SMILES string of the molecule is O=c1[nH]c(C2CCc3ccccc3C2)nc(O)c1I. The van der Waals surface area contributed by atoms with Crippen molar-refractivity contribution in [3.63, 3.8) is 0 Å². The van der Waals surface area contributed by atoms with E-state index in [9.17, 15) is 9.90 Å². The fourth-order valence-corrected chi connectivity index (χ4v) is 2.84. The minimum atomic E-state index is -0.262. The molecule has 0 spiro atoms. The van der Waals surface area contributed by atoms with Gasteiger partial charge in [0.1, 0.15) is 9.39 Å². The van der Waals surface area contributed by atoms with E-state index in [1.54, 1.807) is 22.6 Å². The largest absolute Gasteiger partial charge is 0.492 e. The first-order chi connectivity index (χ1) is 9.15. The third-order valence-corrected chi connectivity index (χ3v) is 4.57. The number of aromatic amines is 1. The summed E-state index contributed by atoms with van der Waals surface area (Å²) in [5, 5.41) is 9.67. The van der Waals surface area contributed by atoms with Crippen LogP contribution in [-0.2, 0) is 12.8 Å². The van der Waals surface area contributed by atoms with E-state index >= 15 is 0 Å². The van der Waals surface area contributed by atoms with E-state index in [0.717, 1.165) is 19.3 Å². The molecule has 19 heavy (non-hydrogen) atoms. The van der Waals surface area contributed by atoms with E-state index in [0.29, 0.717) is 5.82 Å². The Morgan fingerprint density at radius 2 is 2.05 bits per heavy atom. The molecular formula is C14H13IN2O2. The van der Waals surface area contributed by atoms with Crippen molar-refractivity contribution in [2.45, 2.75) is 25.2 Å². The predicted octanol–water partition coefficient (Wildman–Crippen LogP) is 2.35. The van der Waals surface area contributed by atoms with Crippen LogP contribution in [0.5, 0.6) is 5.88 Å². The maximum absolute atomic E-state index is 11.7. The summed E-state index contributed by atoms with van der Waals surface area (Å²) in [5.74, 6) is 0.598. The van der Waals surface area contributed by atoms with E-state index in [2.05, 4.69) is 28.2 Å². The monoisotopic (exact) mass is 368 g/mol. The van der Waals surface area contributed by atoms with Gasteiger partial charge in [0.15, 0.2) is 0 Å². The Morgan fingerprint density at radius 1 is 1.32 bits per heavy atom. The number of halogens is 1. The molecule has 0 aliphatic heterocycles. The van der Waals surface area contributed by atoms with Crippen molar-refractivity contribution in [2.24, 2.45) is 0 Å². The Bertz CT molecular complexity index is 681. The van der Waals surface area contributed by atoms with Gasteiger partial charge in [-0.3, -0.25) is 4.79 Å². The molecule has 0 saturated heterocycles. The zero-order chi connectivity index (χ0) is 13.4. The Morgan fingerprint density at radius 3 is 2.79 bits per heavy atom. The van der Waals surface area contributed by atoms with Crippen LogP contribution in [0.25, 0.3) is 0 Å². The quantitative estimate of drug-likeness (QED) is 0.760. The van der Waals surface area contributed by atoms with Crippen LogP contribution in [0.2, 0.25) is 0 Å². The number of rotatable bonds is 1. The molecule has 0 saturated carbocycles. The van der Waals surface area contributed by atoms with Crippen molar-refractivity contribution in [3.05, 3.63) is 55.1 Å². The Balaban J connectivity index is 1.95. The zero-order valence-electron chi connectivity index (χ0n) is 10.2. The summed E-state index contributed by atoms with van der Waals surface area (Å²) in [6.45, 7) is 0. The fourth-order valence-electron chi connectivity index (χ4n) is 2.59. The number of benzene rings is 1. The van der Waals surface area contributed by atoms with Gasteiger partial charge in [0, 0.05) is 5.92 Å². The number of aromatic nitrogens is 2. The number of aryl methyl sites for hydroxylation is 1. The summed E-state index contributed by atoms with van der Waals surface area (Å²) in [7, 11) is 0. The second-order valence-electron chi connectivity index (χ2n) is 4.80. The number of nitrogens with one attached hydrogen (secondary N) is 1. The second-order valence-corrected chi connectivity index (χ2v) is 5.88. The van der Waals surface area contributed by atoms with Crippen LogP contribution in [0, 0.1) is 3.57 Å². The van der Waals surface area contributed by atoms with Crippen LogP contribution < -0.4 is 5.56 Å². The van der Waals surface area contributed by atoms with Gasteiger partial charge in [-0.1, -0.05) is 24.3 Å². The minimum Gasteiger partial charge on any atom is -0.492 e. The smallest absolute Gasteiger partial charge is 0.268 e. The number of aromatic hydroxyl groups is 1. The van der Waals surface area contributed by atoms with E-state index in [-0.39, 0.29) is 20.9 Å². The van der Waals surface area contributed by atoms with Gasteiger partial charge in [-0.15, -0.1) is 0 Å². The highest BCUT2D eigenvalue weighted by atomic mass is 127. The summed E-state index contributed by atoms with van der Waals surface area (Å²) in [6.07, 6.45) is 2.79. The van der Waals surface area contributed by atoms with Crippen molar-refractivity contribution >= 4 is 22.6 Å². The molecule has 1 aromatic heterocycles. The maximum atomic E-state index is 11.7. The van der Waals surface area contributed by atoms with Gasteiger partial charge in [-0.25, -0.2) is 0 Å². The van der Waals surface area contributed by atoms with Crippen LogP contribution in [0.4, 0.5) is 0 Å². The molecule has 0 fully saturated rings. The lowest BCUT2D eigenvalue weighted by Crippen LogP contribution is -2.20. The molecule has 98 valence electrons. The van der Waals surface area contributed by atoms with Gasteiger partial charge in [0.05, 0.1) is 0 Å². The highest BCUT2D eigenvalue weighted by Crippen LogP contribution is 2.31. The molecule has 2 aromatic rings. The number of fused-ring (bicyclic) bond motifs is 1. The molecule has 0 radical (unpaired) electrons. The molecule has 0 bridgehead atoms. The summed E-state index contributed by atoms with van der Waals surface area (Å²) in [6, 6.07) is 8.35. The highest BCUT2D eigenvalue weighted by molar-refractivity contribution is 14.1. The van der Waals surface area contributed by atoms with Crippen LogP contribution in [-0.4, -0.2) is 15.1 Å². The molecule has 1 aliphatic carbocycles. The molecule has 4 nitrogen and oxygen atoms in total. The van der Waals surface area contributed by atoms with Crippen molar-refractivity contribution in [3.8, 4) is 5.88 Å². The standard InChI is InChI=1S/C14H13IN2O2/c15-11-13(18)16-12(17-14(11)19)10-6-5-8-3-1-2-4-9(8)7-10/h1-4,10H,5-7H2,(H2,16,17,18,19). The van der Waals surface area contributed by atoms with Crippen molar-refractivity contribution in [2.75, 3.05) is 0 Å². The maximum Gasteiger partial charge on any atom is 0.268 e. The average molecular weight is 368 g/mol. The molecule has 5 heteroatoms. The van der Waals surface area contributed by atoms with E-state index in [4.69, 9.17) is 0 Å². The van der Waals surface area contributed by atoms with Crippen LogP contribution >= 0.6 is 22.6 Å². The van der Waals surface area contributed by atoms with Crippen molar-refractivity contribution < 1.29 is 5.11 Å². The normalized spacial score (nSPS) is 18.1. The third kappa shape index (κ3) is 2.39. The number of hydrogen-bond donors (Lipinski definition) is 2. The molecule has 1 unspecified atom stereocenters. The van der Waals surface area contributed by atoms with Gasteiger partial charge >= 0.3 is 0 Å². The lowest BCUT2D eigenvalue weighted by atomic mass is 9.83. The van der Waals surface area contributed by atoms with E-state index in [1.807, 2.05) is 6.07 Å². The third-order valence-electron chi connectivity index (χ3n) is 3.60. The fraction of sp³-hybridized carbons (Fsp3) is 0.286. The molecule has 1 aliphatic rings. The number of H-pyrrole nitrogens is 1. The van der Waals surface area contributed by atoms with Crippen molar-refractivity contribution in [1.82, 2.24) is 9.97 Å². The summed E-state index contributed by atoms with van der Waals surface area (Å²) in [5.41, 5.74) is 2.41. The van der Waals surface area contributed by atoms with Gasteiger partial charge in [0.25, 0.3) is 5.56 Å². The lowest BCUT2D eigenvalue weighted by molar-refractivity contribution is 0.435. The minimum absolute atomic E-state index is 0.168. The molecule has 3 rings (SSSR count). The van der Waals surface area contributed by atoms with E-state index in [1.165, 1.54) is 11.1 Å².